The Balaban J connectivity index is 2.15. The van der Waals surface area contributed by atoms with Crippen molar-refractivity contribution in [2.75, 3.05) is 0 Å². The zero-order valence-corrected chi connectivity index (χ0v) is 17.0. The number of carbonyl (C=O) groups is 1. The fourth-order valence-corrected chi connectivity index (χ4v) is 5.16. The second kappa shape index (κ2) is 11.3. The maximum Gasteiger partial charge on any atom is 0.337 e. The fourth-order valence-electron chi connectivity index (χ4n) is 2.60. The van der Waals surface area contributed by atoms with Crippen LogP contribution in [-0.4, -0.2) is 27.7 Å². The number of aliphatic hydroxyl groups excluding tert-OH is 1. The van der Waals surface area contributed by atoms with Gasteiger partial charge in [0.2, 0.25) is 0 Å². The summed E-state index contributed by atoms with van der Waals surface area (Å²) in [5.41, 5.74) is 6.70. The highest BCUT2D eigenvalue weighted by molar-refractivity contribution is 8.05. The predicted octanol–water partition coefficient (Wildman–Crippen LogP) is 4.32. The van der Waals surface area contributed by atoms with E-state index in [-0.39, 0.29) is 5.25 Å². The molecule has 3 atom stereocenters. The second-order valence-electron chi connectivity index (χ2n) is 6.38. The van der Waals surface area contributed by atoms with Gasteiger partial charge in [0, 0.05) is 5.25 Å². The number of thioether (sulfide) groups is 2. The fraction of sp³-hybridized carbons (Fsp3) is 0.381. The molecule has 0 aromatic rings. The molecule has 0 radical (unpaired) electrons. The number of carbonyl (C=O) groups excluding carboxylic acids is 1. The molecule has 0 amide bonds. The minimum Gasteiger partial charge on any atom is -0.389 e. The summed E-state index contributed by atoms with van der Waals surface area (Å²) in [7, 11) is 0. The monoisotopic (exact) mass is 403 g/mol. The molecular formula is C21H25NO3S2. The zero-order chi connectivity index (χ0) is 19.6. The van der Waals surface area contributed by atoms with Gasteiger partial charge in [-0.1, -0.05) is 47.9 Å². The normalized spacial score (nSPS) is 18.5. The summed E-state index contributed by atoms with van der Waals surface area (Å²) in [5, 5.41) is 9.84. The number of aliphatic hydroxyl groups is 1. The third-order valence-electron chi connectivity index (χ3n) is 4.10. The van der Waals surface area contributed by atoms with E-state index in [0.717, 1.165) is 22.7 Å². The quantitative estimate of drug-likeness (QED) is 0.321. The Bertz CT molecular complexity index is 753. The molecule has 0 bridgehead atoms. The molecule has 0 aromatic heterocycles. The molecule has 0 aromatic carbocycles. The van der Waals surface area contributed by atoms with Crippen LogP contribution in [0.3, 0.4) is 0 Å². The van der Waals surface area contributed by atoms with E-state index in [0.29, 0.717) is 18.4 Å². The van der Waals surface area contributed by atoms with Gasteiger partial charge in [-0.25, -0.2) is 4.79 Å². The lowest BCUT2D eigenvalue weighted by atomic mass is 10.0. The van der Waals surface area contributed by atoms with E-state index in [2.05, 4.69) is 29.0 Å². The second-order valence-corrected chi connectivity index (χ2v) is 9.05. The topological polar surface area (TPSA) is 72.5 Å². The van der Waals surface area contributed by atoms with Crippen LogP contribution in [0.4, 0.5) is 0 Å². The zero-order valence-electron chi connectivity index (χ0n) is 15.4. The van der Waals surface area contributed by atoms with Crippen molar-refractivity contribution in [1.29, 1.82) is 0 Å². The molecule has 144 valence electrons. The summed E-state index contributed by atoms with van der Waals surface area (Å²) in [4.78, 5) is 18.9. The van der Waals surface area contributed by atoms with Crippen LogP contribution in [0, 0.1) is 0 Å². The largest absolute Gasteiger partial charge is 0.389 e. The SMILES string of the molecule is C=C(C)C(O)CC(CC(SC1=CC=CCC1)C(=O)ON)SC1=C=C=CC=C1. The van der Waals surface area contributed by atoms with Crippen LogP contribution in [0.15, 0.2) is 69.9 Å². The molecule has 0 heterocycles. The van der Waals surface area contributed by atoms with Crippen LogP contribution in [0.2, 0.25) is 0 Å². The van der Waals surface area contributed by atoms with E-state index in [1.807, 2.05) is 24.3 Å². The smallest absolute Gasteiger partial charge is 0.337 e. The number of nitrogens with two attached hydrogens (primary N) is 1. The minimum atomic E-state index is -0.633. The van der Waals surface area contributed by atoms with Crippen molar-refractivity contribution >= 4 is 29.5 Å². The Morgan fingerprint density at radius 1 is 1.41 bits per heavy atom. The first-order chi connectivity index (χ1) is 13.0. The van der Waals surface area contributed by atoms with E-state index >= 15 is 0 Å². The first kappa shape index (κ1) is 21.6. The van der Waals surface area contributed by atoms with Crippen molar-refractivity contribution in [2.45, 2.75) is 49.2 Å². The van der Waals surface area contributed by atoms with E-state index in [1.54, 1.807) is 24.8 Å². The molecule has 4 nitrogen and oxygen atoms in total. The van der Waals surface area contributed by atoms with Crippen molar-refractivity contribution in [1.82, 2.24) is 0 Å². The summed E-state index contributed by atoms with van der Waals surface area (Å²) >= 11 is 3.06. The number of allylic oxidation sites excluding steroid dienone is 7. The Kier molecular flexibility index (Phi) is 9.02. The molecule has 6 heteroatoms. The highest BCUT2D eigenvalue weighted by Crippen LogP contribution is 2.37. The van der Waals surface area contributed by atoms with Crippen LogP contribution < -0.4 is 5.90 Å². The van der Waals surface area contributed by atoms with Gasteiger partial charge in [-0.15, -0.1) is 23.5 Å². The molecule has 3 N–H and O–H groups in total. The van der Waals surface area contributed by atoms with E-state index < -0.39 is 17.3 Å². The summed E-state index contributed by atoms with van der Waals surface area (Å²) < 4.78 is 0. The van der Waals surface area contributed by atoms with Gasteiger partial charge in [0.1, 0.15) is 5.25 Å². The predicted molar refractivity (Wildman–Crippen MR) is 114 cm³/mol. The van der Waals surface area contributed by atoms with E-state index in [4.69, 9.17) is 5.90 Å². The van der Waals surface area contributed by atoms with Gasteiger partial charge in [-0.3, -0.25) is 0 Å². The first-order valence-corrected chi connectivity index (χ1v) is 10.6. The standard InChI is InChI=1S/C21H25NO3S2/c1-15(2)19(23)13-18(26-16-9-5-3-6-10-16)14-20(21(24)25-22)27-17-11-7-4-8-12-17/h3-5,7,9,11,18-20,23H,1,8,12-14,22H2,2H3. The molecular weight excluding hydrogens is 378 g/mol. The third-order valence-corrected chi connectivity index (χ3v) is 6.62. The Morgan fingerprint density at radius 2 is 2.22 bits per heavy atom. The van der Waals surface area contributed by atoms with Crippen molar-refractivity contribution in [2.24, 2.45) is 5.90 Å². The maximum absolute atomic E-state index is 12.3. The Labute approximate surface area is 169 Å². The van der Waals surface area contributed by atoms with E-state index in [1.165, 1.54) is 11.8 Å². The van der Waals surface area contributed by atoms with Crippen molar-refractivity contribution in [3.05, 3.63) is 69.9 Å². The van der Waals surface area contributed by atoms with Crippen molar-refractivity contribution in [3.63, 3.8) is 0 Å². The van der Waals surface area contributed by atoms with E-state index in [9.17, 15) is 9.90 Å². The number of rotatable bonds is 10. The Morgan fingerprint density at radius 3 is 2.81 bits per heavy atom. The lowest BCUT2D eigenvalue weighted by Gasteiger charge is -2.24. The molecule has 2 rings (SSSR count). The highest BCUT2D eigenvalue weighted by atomic mass is 32.2. The summed E-state index contributed by atoms with van der Waals surface area (Å²) in [6.07, 6.45) is 14.0. The molecule has 27 heavy (non-hydrogen) atoms. The summed E-state index contributed by atoms with van der Waals surface area (Å²) in [5.74, 6) is 4.73. The average Bonchev–Trinajstić information content (AvgIpc) is 2.68. The van der Waals surface area contributed by atoms with Gasteiger partial charge in [0.15, 0.2) is 0 Å². The van der Waals surface area contributed by atoms with Crippen LogP contribution in [0.5, 0.6) is 0 Å². The lowest BCUT2D eigenvalue weighted by Crippen LogP contribution is -2.28. The van der Waals surface area contributed by atoms with Crippen LogP contribution >= 0.6 is 23.5 Å². The number of hydrogen-bond donors (Lipinski definition) is 2. The van der Waals surface area contributed by atoms with Gasteiger partial charge >= 0.3 is 5.97 Å². The van der Waals surface area contributed by atoms with Crippen LogP contribution in [0.25, 0.3) is 0 Å². The Hall–Kier alpha value is -1.65. The number of hydrogen-bond acceptors (Lipinski definition) is 6. The highest BCUT2D eigenvalue weighted by Gasteiger charge is 2.28. The molecule has 0 aliphatic heterocycles. The molecule has 0 fully saturated rings. The van der Waals surface area contributed by atoms with Gasteiger partial charge in [0.25, 0.3) is 0 Å². The lowest BCUT2D eigenvalue weighted by molar-refractivity contribution is -0.143. The molecule has 0 saturated heterocycles. The summed E-state index contributed by atoms with van der Waals surface area (Å²) in [6, 6.07) is 0. The van der Waals surface area contributed by atoms with Gasteiger partial charge in [-0.2, -0.15) is 5.90 Å². The average molecular weight is 404 g/mol. The van der Waals surface area contributed by atoms with Crippen LogP contribution in [0.1, 0.15) is 32.6 Å². The van der Waals surface area contributed by atoms with Gasteiger partial charge < -0.3 is 9.94 Å². The first-order valence-electron chi connectivity index (χ1n) is 8.81. The molecule has 0 spiro atoms. The molecule has 2 aliphatic carbocycles. The molecule has 3 unspecified atom stereocenters. The minimum absolute atomic E-state index is 0.0277. The molecule has 2 aliphatic rings. The summed E-state index contributed by atoms with van der Waals surface area (Å²) in [6.45, 7) is 5.63. The third kappa shape index (κ3) is 7.47. The van der Waals surface area contributed by atoms with Crippen molar-refractivity contribution < 1.29 is 14.7 Å². The van der Waals surface area contributed by atoms with Crippen molar-refractivity contribution in [3.8, 4) is 0 Å². The maximum atomic E-state index is 12.3. The van der Waals surface area contributed by atoms with Crippen LogP contribution in [-0.2, 0) is 9.63 Å². The molecule has 0 saturated carbocycles. The van der Waals surface area contributed by atoms with Gasteiger partial charge in [-0.05, 0) is 49.7 Å². The van der Waals surface area contributed by atoms with Gasteiger partial charge in [0.05, 0.1) is 11.0 Å².